The molecule has 2 fully saturated rings. The topological polar surface area (TPSA) is 24.5 Å². The highest BCUT2D eigenvalue weighted by molar-refractivity contribution is 6.31. The summed E-state index contributed by atoms with van der Waals surface area (Å²) in [6, 6.07) is 9.18. The summed E-state index contributed by atoms with van der Waals surface area (Å²) in [6.45, 7) is 2.70. The van der Waals surface area contributed by atoms with E-state index in [1.807, 2.05) is 19.2 Å². The molecule has 1 aliphatic heterocycles. The van der Waals surface area contributed by atoms with Crippen LogP contribution in [0.4, 0.5) is 0 Å². The summed E-state index contributed by atoms with van der Waals surface area (Å²) in [4.78, 5) is 2.59. The van der Waals surface area contributed by atoms with E-state index in [2.05, 4.69) is 22.3 Å². The Hall–Kier alpha value is -0.610. The zero-order valence-corrected chi connectivity index (χ0v) is 12.1. The van der Waals surface area contributed by atoms with E-state index in [1.165, 1.54) is 18.4 Å². The van der Waals surface area contributed by atoms with Crippen molar-refractivity contribution in [3.05, 3.63) is 34.9 Å². The van der Waals surface area contributed by atoms with Gasteiger partial charge in [-0.3, -0.25) is 4.90 Å². The van der Waals surface area contributed by atoms with Crippen LogP contribution in [0.25, 0.3) is 0 Å². The molecular formula is C15H21ClN2O. The van der Waals surface area contributed by atoms with E-state index < -0.39 is 0 Å². The molecule has 3 rings (SSSR count). The maximum Gasteiger partial charge on any atom is 0.0897 e. The highest BCUT2D eigenvalue weighted by Gasteiger charge is 2.41. The van der Waals surface area contributed by atoms with Crippen molar-refractivity contribution >= 4 is 11.6 Å². The second-order valence-corrected chi connectivity index (χ2v) is 5.81. The molecule has 1 N–H and O–H groups in total. The van der Waals surface area contributed by atoms with Crippen LogP contribution in [0.1, 0.15) is 24.4 Å². The molecule has 104 valence electrons. The van der Waals surface area contributed by atoms with Crippen molar-refractivity contribution in [1.29, 1.82) is 0 Å². The molecule has 1 aromatic rings. The Morgan fingerprint density at radius 3 is 2.84 bits per heavy atom. The Morgan fingerprint density at radius 2 is 2.16 bits per heavy atom. The number of halogens is 1. The molecule has 1 aliphatic carbocycles. The number of nitrogens with zero attached hydrogens (tertiary/aromatic N) is 1. The van der Waals surface area contributed by atoms with E-state index in [9.17, 15) is 0 Å². The third-order valence-corrected chi connectivity index (χ3v) is 4.38. The van der Waals surface area contributed by atoms with E-state index in [1.54, 1.807) is 0 Å². The van der Waals surface area contributed by atoms with Crippen LogP contribution in [0.15, 0.2) is 24.3 Å². The van der Waals surface area contributed by atoms with Crippen molar-refractivity contribution < 1.29 is 4.74 Å². The zero-order chi connectivity index (χ0) is 13.2. The van der Waals surface area contributed by atoms with Crippen LogP contribution in [0.5, 0.6) is 0 Å². The largest absolute Gasteiger partial charge is 0.374 e. The monoisotopic (exact) mass is 280 g/mol. The van der Waals surface area contributed by atoms with E-state index in [4.69, 9.17) is 16.3 Å². The number of hydrogen-bond acceptors (Lipinski definition) is 3. The fourth-order valence-electron chi connectivity index (χ4n) is 3.03. The first-order chi connectivity index (χ1) is 9.31. The van der Waals surface area contributed by atoms with Crippen LogP contribution >= 0.6 is 11.6 Å². The molecular weight excluding hydrogens is 260 g/mol. The molecule has 2 aliphatic rings. The van der Waals surface area contributed by atoms with Crippen molar-refractivity contribution in [2.24, 2.45) is 0 Å². The average molecular weight is 281 g/mol. The standard InChI is InChI=1S/C15H21ClN2O/c1-17-10-14-15(12-4-2-3-5-13(12)16)18(8-9-19-14)11-6-7-11/h2-5,11,14-15,17H,6-10H2,1H3. The molecule has 1 heterocycles. The first-order valence-corrected chi connectivity index (χ1v) is 7.45. The number of likely N-dealkylation sites (N-methyl/N-ethyl adjacent to an activating group) is 1. The number of benzene rings is 1. The van der Waals surface area contributed by atoms with Gasteiger partial charge in [-0.25, -0.2) is 0 Å². The molecule has 0 radical (unpaired) electrons. The number of rotatable bonds is 4. The second kappa shape index (κ2) is 5.80. The fourth-order valence-corrected chi connectivity index (χ4v) is 3.28. The average Bonchev–Trinajstić information content (AvgIpc) is 3.24. The van der Waals surface area contributed by atoms with Crippen molar-refractivity contribution in [3.63, 3.8) is 0 Å². The molecule has 0 amide bonds. The quantitative estimate of drug-likeness (QED) is 0.917. The summed E-state index contributed by atoms with van der Waals surface area (Å²) in [7, 11) is 1.98. The summed E-state index contributed by atoms with van der Waals surface area (Å²) in [5.41, 5.74) is 1.20. The van der Waals surface area contributed by atoms with Crippen LogP contribution in [0.2, 0.25) is 5.02 Å². The van der Waals surface area contributed by atoms with Crippen LogP contribution in [-0.4, -0.2) is 43.8 Å². The zero-order valence-electron chi connectivity index (χ0n) is 11.3. The van der Waals surface area contributed by atoms with Gasteiger partial charge >= 0.3 is 0 Å². The first kappa shape index (κ1) is 13.4. The Morgan fingerprint density at radius 1 is 1.37 bits per heavy atom. The van der Waals surface area contributed by atoms with Gasteiger partial charge in [-0.1, -0.05) is 29.8 Å². The van der Waals surface area contributed by atoms with Gasteiger partial charge in [0.2, 0.25) is 0 Å². The number of hydrogen-bond donors (Lipinski definition) is 1. The van der Waals surface area contributed by atoms with E-state index >= 15 is 0 Å². The predicted molar refractivity (Wildman–Crippen MR) is 77.6 cm³/mol. The van der Waals surface area contributed by atoms with Crippen molar-refractivity contribution in [1.82, 2.24) is 10.2 Å². The minimum absolute atomic E-state index is 0.180. The predicted octanol–water partition coefficient (Wildman–Crippen LogP) is 2.46. The third-order valence-electron chi connectivity index (χ3n) is 4.04. The highest BCUT2D eigenvalue weighted by Crippen LogP contribution is 2.40. The van der Waals surface area contributed by atoms with Gasteiger partial charge < -0.3 is 10.1 Å². The molecule has 1 saturated carbocycles. The van der Waals surface area contributed by atoms with Gasteiger partial charge in [0, 0.05) is 24.2 Å². The molecule has 0 aromatic heterocycles. The summed E-state index contributed by atoms with van der Waals surface area (Å²) in [5, 5.41) is 4.09. The molecule has 19 heavy (non-hydrogen) atoms. The van der Waals surface area contributed by atoms with Gasteiger partial charge in [-0.2, -0.15) is 0 Å². The molecule has 2 atom stereocenters. The summed E-state index contributed by atoms with van der Waals surface area (Å²) < 4.78 is 5.99. The molecule has 3 nitrogen and oxygen atoms in total. The minimum atomic E-state index is 0.180. The normalized spacial score (nSPS) is 28.5. The van der Waals surface area contributed by atoms with E-state index in [0.717, 1.165) is 30.8 Å². The molecule has 0 bridgehead atoms. The van der Waals surface area contributed by atoms with Crippen LogP contribution in [0, 0.1) is 0 Å². The lowest BCUT2D eigenvalue weighted by molar-refractivity contribution is -0.0739. The van der Waals surface area contributed by atoms with Crippen molar-refractivity contribution in [2.75, 3.05) is 26.7 Å². The SMILES string of the molecule is CNCC1OCCN(C2CC2)C1c1ccccc1Cl. The summed E-state index contributed by atoms with van der Waals surface area (Å²) in [6.07, 6.45) is 2.81. The number of ether oxygens (including phenoxy) is 1. The number of nitrogens with one attached hydrogen (secondary N) is 1. The lowest BCUT2D eigenvalue weighted by atomic mass is 9.97. The van der Waals surface area contributed by atoms with E-state index in [-0.39, 0.29) is 12.1 Å². The first-order valence-electron chi connectivity index (χ1n) is 7.07. The van der Waals surface area contributed by atoms with Gasteiger partial charge in [-0.05, 0) is 31.5 Å². The lowest BCUT2D eigenvalue weighted by Gasteiger charge is -2.42. The Labute approximate surface area is 119 Å². The molecule has 2 unspecified atom stereocenters. The second-order valence-electron chi connectivity index (χ2n) is 5.40. The van der Waals surface area contributed by atoms with Crippen LogP contribution < -0.4 is 5.32 Å². The maximum atomic E-state index is 6.41. The Bertz CT molecular complexity index is 434. The van der Waals surface area contributed by atoms with Gasteiger partial charge in [0.15, 0.2) is 0 Å². The van der Waals surface area contributed by atoms with Crippen molar-refractivity contribution in [2.45, 2.75) is 31.0 Å². The van der Waals surface area contributed by atoms with Gasteiger partial charge in [0.25, 0.3) is 0 Å². The third kappa shape index (κ3) is 2.79. The molecule has 0 spiro atoms. The van der Waals surface area contributed by atoms with Crippen LogP contribution in [-0.2, 0) is 4.74 Å². The molecule has 1 saturated heterocycles. The summed E-state index contributed by atoms with van der Waals surface area (Å²) in [5.74, 6) is 0. The number of morpholine rings is 1. The lowest BCUT2D eigenvalue weighted by Crippen LogP contribution is -2.49. The smallest absolute Gasteiger partial charge is 0.0897 e. The maximum absolute atomic E-state index is 6.41. The molecule has 1 aromatic carbocycles. The van der Waals surface area contributed by atoms with Crippen molar-refractivity contribution in [3.8, 4) is 0 Å². The van der Waals surface area contributed by atoms with Gasteiger partial charge in [-0.15, -0.1) is 0 Å². The van der Waals surface area contributed by atoms with Gasteiger partial charge in [0.1, 0.15) is 0 Å². The Kier molecular flexibility index (Phi) is 4.08. The van der Waals surface area contributed by atoms with Crippen LogP contribution in [0.3, 0.4) is 0 Å². The van der Waals surface area contributed by atoms with Gasteiger partial charge in [0.05, 0.1) is 18.8 Å². The molecule has 4 heteroatoms. The Balaban J connectivity index is 1.92. The fraction of sp³-hybridized carbons (Fsp3) is 0.600. The minimum Gasteiger partial charge on any atom is -0.374 e. The van der Waals surface area contributed by atoms with E-state index in [0.29, 0.717) is 0 Å². The highest BCUT2D eigenvalue weighted by atomic mass is 35.5. The summed E-state index contributed by atoms with van der Waals surface area (Å²) >= 11 is 6.41.